The van der Waals surface area contributed by atoms with E-state index < -0.39 is 11.8 Å². The van der Waals surface area contributed by atoms with Crippen molar-refractivity contribution in [2.75, 3.05) is 30.6 Å². The van der Waals surface area contributed by atoms with Gasteiger partial charge in [-0.15, -0.1) is 11.8 Å². The predicted octanol–water partition coefficient (Wildman–Crippen LogP) is 6.50. The van der Waals surface area contributed by atoms with E-state index in [4.69, 9.17) is 21.1 Å². The highest BCUT2D eigenvalue weighted by Gasteiger charge is 2.16. The second-order valence-electron chi connectivity index (χ2n) is 8.82. The van der Waals surface area contributed by atoms with Crippen LogP contribution in [0.15, 0.2) is 108 Å². The van der Waals surface area contributed by atoms with Crippen LogP contribution in [0.25, 0.3) is 6.08 Å². The normalized spacial score (nSPS) is 10.9. The van der Waals surface area contributed by atoms with Gasteiger partial charge in [-0.2, -0.15) is 0 Å². The Bertz CT molecular complexity index is 1590. The quantitative estimate of drug-likeness (QED) is 0.134. The molecule has 0 spiro atoms. The molecule has 0 radical (unpaired) electrons. The van der Waals surface area contributed by atoms with Crippen LogP contribution in [0.4, 0.5) is 11.4 Å². The fraction of sp³-hybridized carbons (Fsp3) is 0.0938. The molecule has 4 aromatic carbocycles. The maximum Gasteiger partial charge on any atom is 0.272 e. The third kappa shape index (κ3) is 8.63. The van der Waals surface area contributed by atoms with E-state index in [1.807, 2.05) is 6.07 Å². The summed E-state index contributed by atoms with van der Waals surface area (Å²) >= 11 is 7.44. The van der Waals surface area contributed by atoms with Gasteiger partial charge in [0.25, 0.3) is 11.8 Å². The number of carbonyl (C=O) groups excluding carboxylic acids is 3. The first-order valence-electron chi connectivity index (χ1n) is 12.7. The molecule has 8 nitrogen and oxygen atoms in total. The molecule has 42 heavy (non-hydrogen) atoms. The van der Waals surface area contributed by atoms with Crippen molar-refractivity contribution >= 4 is 58.5 Å². The molecule has 0 bridgehead atoms. The SMILES string of the molecule is COc1ccc(/C=C(/NC(=O)c2ccccc2)C(=O)Nc2cccc(SCC(=O)Nc3ccc(OC)c(Cl)c3)c2)cc1. The van der Waals surface area contributed by atoms with Gasteiger partial charge in [0.1, 0.15) is 17.2 Å². The summed E-state index contributed by atoms with van der Waals surface area (Å²) < 4.78 is 10.3. The minimum atomic E-state index is -0.508. The van der Waals surface area contributed by atoms with E-state index >= 15 is 0 Å². The number of ether oxygens (including phenoxy) is 2. The van der Waals surface area contributed by atoms with Crippen LogP contribution in [-0.4, -0.2) is 37.7 Å². The fourth-order valence-corrected chi connectivity index (χ4v) is 4.77. The Balaban J connectivity index is 1.44. The molecular formula is C32H28ClN3O5S. The van der Waals surface area contributed by atoms with Crippen molar-refractivity contribution in [1.82, 2.24) is 5.32 Å². The first-order chi connectivity index (χ1) is 20.3. The van der Waals surface area contributed by atoms with Gasteiger partial charge in [-0.05, 0) is 72.3 Å². The molecule has 0 aliphatic rings. The van der Waals surface area contributed by atoms with E-state index in [0.717, 1.165) is 4.90 Å². The van der Waals surface area contributed by atoms with Gasteiger partial charge in [-0.25, -0.2) is 0 Å². The van der Waals surface area contributed by atoms with Crippen LogP contribution >= 0.6 is 23.4 Å². The number of amides is 3. The lowest BCUT2D eigenvalue weighted by atomic mass is 10.1. The molecule has 0 unspecified atom stereocenters. The van der Waals surface area contributed by atoms with Crippen LogP contribution in [0.1, 0.15) is 15.9 Å². The molecule has 0 fully saturated rings. The molecule has 0 aliphatic carbocycles. The van der Waals surface area contributed by atoms with Gasteiger partial charge in [-0.3, -0.25) is 14.4 Å². The van der Waals surface area contributed by atoms with E-state index in [2.05, 4.69) is 16.0 Å². The van der Waals surface area contributed by atoms with Crippen molar-refractivity contribution in [3.63, 3.8) is 0 Å². The second kappa shape index (κ2) is 14.8. The minimum Gasteiger partial charge on any atom is -0.497 e. The Morgan fingerprint density at radius 3 is 2.24 bits per heavy atom. The number of thioether (sulfide) groups is 1. The number of nitrogens with one attached hydrogen (secondary N) is 3. The van der Waals surface area contributed by atoms with Crippen LogP contribution in [0.3, 0.4) is 0 Å². The van der Waals surface area contributed by atoms with Gasteiger partial charge >= 0.3 is 0 Å². The monoisotopic (exact) mass is 601 g/mol. The van der Waals surface area contributed by atoms with E-state index in [0.29, 0.717) is 39.0 Å². The lowest BCUT2D eigenvalue weighted by Crippen LogP contribution is -2.30. The maximum atomic E-state index is 13.4. The number of carbonyl (C=O) groups is 3. The van der Waals surface area contributed by atoms with Crippen LogP contribution in [-0.2, 0) is 9.59 Å². The summed E-state index contributed by atoms with van der Waals surface area (Å²) in [6, 6.07) is 27.8. The van der Waals surface area contributed by atoms with E-state index in [1.54, 1.807) is 104 Å². The zero-order valence-electron chi connectivity index (χ0n) is 22.8. The van der Waals surface area contributed by atoms with Crippen LogP contribution in [0.5, 0.6) is 11.5 Å². The largest absolute Gasteiger partial charge is 0.497 e. The number of methoxy groups -OCH3 is 2. The first kappa shape index (κ1) is 30.2. The van der Waals surface area contributed by atoms with Crippen molar-refractivity contribution in [3.8, 4) is 11.5 Å². The highest BCUT2D eigenvalue weighted by atomic mass is 35.5. The highest BCUT2D eigenvalue weighted by molar-refractivity contribution is 8.00. The Morgan fingerprint density at radius 2 is 1.55 bits per heavy atom. The molecule has 3 N–H and O–H groups in total. The third-order valence-corrected chi connectivity index (χ3v) is 7.14. The maximum absolute atomic E-state index is 13.4. The van der Waals surface area contributed by atoms with Crippen LogP contribution < -0.4 is 25.4 Å². The zero-order chi connectivity index (χ0) is 29.9. The van der Waals surface area contributed by atoms with Crippen molar-refractivity contribution < 1.29 is 23.9 Å². The molecule has 0 saturated carbocycles. The lowest BCUT2D eigenvalue weighted by Gasteiger charge is -2.12. The molecule has 0 heterocycles. The summed E-state index contributed by atoms with van der Waals surface area (Å²) in [4.78, 5) is 39.5. The topological polar surface area (TPSA) is 106 Å². The number of halogens is 1. The summed E-state index contributed by atoms with van der Waals surface area (Å²) in [5.41, 5.74) is 2.23. The molecule has 10 heteroatoms. The summed E-state index contributed by atoms with van der Waals surface area (Å²) in [5, 5.41) is 8.76. The van der Waals surface area contributed by atoms with Crippen molar-refractivity contribution in [1.29, 1.82) is 0 Å². The van der Waals surface area contributed by atoms with Gasteiger partial charge in [0.05, 0.1) is 25.0 Å². The van der Waals surface area contributed by atoms with E-state index in [1.165, 1.54) is 18.9 Å². The fourth-order valence-electron chi connectivity index (χ4n) is 3.76. The molecule has 4 aromatic rings. The summed E-state index contributed by atoms with van der Waals surface area (Å²) in [5.74, 6) is 0.178. The summed E-state index contributed by atoms with van der Waals surface area (Å²) in [7, 11) is 3.09. The van der Waals surface area contributed by atoms with E-state index in [9.17, 15) is 14.4 Å². The Kier molecular flexibility index (Phi) is 10.6. The van der Waals surface area contributed by atoms with E-state index in [-0.39, 0.29) is 17.4 Å². The Morgan fingerprint density at radius 1 is 0.810 bits per heavy atom. The Labute approximate surface area is 253 Å². The number of anilines is 2. The molecule has 0 atom stereocenters. The molecular weight excluding hydrogens is 574 g/mol. The van der Waals surface area contributed by atoms with Crippen molar-refractivity contribution in [3.05, 3.63) is 119 Å². The minimum absolute atomic E-state index is 0.0598. The third-order valence-electron chi connectivity index (χ3n) is 5.85. The molecule has 0 aliphatic heterocycles. The second-order valence-corrected chi connectivity index (χ2v) is 10.3. The molecule has 0 saturated heterocycles. The molecule has 214 valence electrons. The Hall–Kier alpha value is -4.73. The summed E-state index contributed by atoms with van der Waals surface area (Å²) in [6.07, 6.45) is 1.59. The number of rotatable bonds is 11. The number of hydrogen-bond acceptors (Lipinski definition) is 6. The van der Waals surface area contributed by atoms with Crippen LogP contribution in [0, 0.1) is 0 Å². The number of benzene rings is 4. The predicted molar refractivity (Wildman–Crippen MR) is 167 cm³/mol. The van der Waals surface area contributed by atoms with Gasteiger partial charge in [0.2, 0.25) is 5.91 Å². The van der Waals surface area contributed by atoms with Crippen LogP contribution in [0.2, 0.25) is 5.02 Å². The lowest BCUT2D eigenvalue weighted by molar-refractivity contribution is -0.114. The zero-order valence-corrected chi connectivity index (χ0v) is 24.4. The molecule has 3 amide bonds. The molecule has 0 aromatic heterocycles. The van der Waals surface area contributed by atoms with Gasteiger partial charge < -0.3 is 25.4 Å². The highest BCUT2D eigenvalue weighted by Crippen LogP contribution is 2.28. The number of hydrogen-bond donors (Lipinski definition) is 3. The standard InChI is InChI=1S/C32H28ClN3O5S/c1-40-25-14-11-21(12-15-25)17-28(36-31(38)22-7-4-3-5-8-22)32(39)35-23-9-6-10-26(18-23)42-20-30(37)34-24-13-16-29(41-2)27(33)19-24/h3-19H,20H2,1-2H3,(H,34,37)(H,35,39)(H,36,38)/b28-17+. The summed E-state index contributed by atoms with van der Waals surface area (Å²) in [6.45, 7) is 0. The first-order valence-corrected chi connectivity index (χ1v) is 14.1. The van der Waals surface area contributed by atoms with Crippen molar-refractivity contribution in [2.24, 2.45) is 0 Å². The van der Waals surface area contributed by atoms with Gasteiger partial charge in [0.15, 0.2) is 0 Å². The molecule has 4 rings (SSSR count). The average molecular weight is 602 g/mol. The van der Waals surface area contributed by atoms with Gasteiger partial charge in [0, 0.05) is 21.8 Å². The van der Waals surface area contributed by atoms with Crippen molar-refractivity contribution in [2.45, 2.75) is 4.90 Å². The average Bonchev–Trinajstić information content (AvgIpc) is 3.00. The smallest absolute Gasteiger partial charge is 0.272 e. The van der Waals surface area contributed by atoms with Gasteiger partial charge in [-0.1, -0.05) is 48.0 Å².